The molecule has 1 fully saturated rings. The minimum atomic E-state index is -0.997. The fourth-order valence-corrected chi connectivity index (χ4v) is 5.21. The van der Waals surface area contributed by atoms with Gasteiger partial charge in [-0.15, -0.1) is 10.2 Å². The van der Waals surface area contributed by atoms with Gasteiger partial charge in [-0.25, -0.2) is 9.78 Å². The number of rotatable bonds is 4. The normalized spacial score (nSPS) is 15.4. The van der Waals surface area contributed by atoms with Crippen molar-refractivity contribution < 1.29 is 14.6 Å². The van der Waals surface area contributed by atoms with Gasteiger partial charge in [-0.2, -0.15) is 0 Å². The quantitative estimate of drug-likeness (QED) is 0.380. The van der Waals surface area contributed by atoms with Crippen LogP contribution in [0.2, 0.25) is 0 Å². The van der Waals surface area contributed by atoms with Crippen molar-refractivity contribution >= 4 is 22.0 Å². The van der Waals surface area contributed by atoms with Gasteiger partial charge in [0.05, 0.1) is 11.2 Å². The molecule has 1 amide bonds. The number of amides is 1. The Morgan fingerprint density at radius 2 is 1.82 bits per heavy atom. The first-order chi connectivity index (χ1) is 16.5. The van der Waals surface area contributed by atoms with Crippen LogP contribution in [-0.4, -0.2) is 30.9 Å². The minimum Gasteiger partial charge on any atom is -0.468 e. The summed E-state index contributed by atoms with van der Waals surface area (Å²) < 4.78 is 8.44. The monoisotopic (exact) mass is 517 g/mol. The molecule has 2 aromatic heterocycles. The molecule has 2 N–H and O–H groups in total. The van der Waals surface area contributed by atoms with E-state index in [1.807, 2.05) is 59.2 Å². The van der Waals surface area contributed by atoms with E-state index < -0.39 is 11.6 Å². The van der Waals surface area contributed by atoms with E-state index in [4.69, 9.17) is 9.72 Å². The van der Waals surface area contributed by atoms with Crippen molar-refractivity contribution in [2.75, 3.05) is 0 Å². The molecule has 0 bridgehead atoms. The van der Waals surface area contributed by atoms with Gasteiger partial charge in [0.1, 0.15) is 5.69 Å². The maximum atomic E-state index is 11.4. The van der Waals surface area contributed by atoms with Gasteiger partial charge in [0, 0.05) is 11.1 Å². The third-order valence-corrected chi connectivity index (χ3v) is 7.10. The molecule has 0 atom stereocenters. The van der Waals surface area contributed by atoms with Gasteiger partial charge < -0.3 is 15.2 Å². The van der Waals surface area contributed by atoms with Crippen LogP contribution >= 0.6 is 15.9 Å². The van der Waals surface area contributed by atoms with Crippen LogP contribution in [0.3, 0.4) is 0 Å². The summed E-state index contributed by atoms with van der Waals surface area (Å²) in [6, 6.07) is 20.1. The molecule has 0 radical (unpaired) electrons. The molecule has 1 aliphatic heterocycles. The fraction of sp³-hybridized carbons (Fsp3) is 0.200. The topological polar surface area (TPSA) is 102 Å². The average molecular weight is 518 g/mol. The number of ether oxygens (including phenoxy) is 1. The largest absolute Gasteiger partial charge is 0.468 e. The number of carboxylic acid groups (broad SMARTS) is 1. The molecule has 0 spiro atoms. The highest BCUT2D eigenvalue weighted by molar-refractivity contribution is 9.10. The molecule has 1 aliphatic carbocycles. The molecule has 8 nitrogen and oxygen atoms in total. The van der Waals surface area contributed by atoms with Gasteiger partial charge in [-0.3, -0.25) is 4.57 Å². The van der Waals surface area contributed by atoms with Gasteiger partial charge >= 0.3 is 6.09 Å². The lowest BCUT2D eigenvalue weighted by atomic mass is 9.71. The number of nitrogens with zero attached hydrogens (tertiary/aromatic N) is 4. The lowest BCUT2D eigenvalue weighted by molar-refractivity contribution is 0.144. The second-order valence-corrected chi connectivity index (χ2v) is 9.24. The number of hydrogen-bond donors (Lipinski definition) is 2. The average Bonchev–Trinajstić information content (AvgIpc) is 3.22. The Morgan fingerprint density at radius 3 is 2.50 bits per heavy atom. The fourth-order valence-electron chi connectivity index (χ4n) is 4.74. The third-order valence-electron chi connectivity index (χ3n) is 6.59. The van der Waals surface area contributed by atoms with Crippen molar-refractivity contribution in [1.29, 1.82) is 0 Å². The van der Waals surface area contributed by atoms with Crippen molar-refractivity contribution in [3.8, 4) is 34.0 Å². The highest BCUT2D eigenvalue weighted by atomic mass is 79.9. The molecule has 6 rings (SSSR count). The van der Waals surface area contributed by atoms with E-state index in [0.717, 1.165) is 52.9 Å². The van der Waals surface area contributed by atoms with Crippen molar-refractivity contribution in [3.05, 3.63) is 76.8 Å². The molecular weight excluding hydrogens is 498 g/mol. The first-order valence-electron chi connectivity index (χ1n) is 11.0. The maximum absolute atomic E-state index is 11.4. The second kappa shape index (κ2) is 7.95. The number of pyridine rings is 1. The predicted molar refractivity (Wildman–Crippen MR) is 129 cm³/mol. The van der Waals surface area contributed by atoms with Gasteiger partial charge in [0.2, 0.25) is 10.6 Å². The lowest BCUT2D eigenvalue weighted by Gasteiger charge is -2.42. The van der Waals surface area contributed by atoms with Crippen LogP contribution in [0.5, 0.6) is 5.88 Å². The Bertz CT molecular complexity index is 1400. The van der Waals surface area contributed by atoms with Gasteiger partial charge in [-0.1, -0.05) is 54.6 Å². The molecular formula is C25H20BrN5O3. The maximum Gasteiger partial charge on any atom is 0.405 e. The molecule has 34 heavy (non-hydrogen) atoms. The first kappa shape index (κ1) is 20.9. The summed E-state index contributed by atoms with van der Waals surface area (Å²) in [5.74, 6) is 1.21. The third kappa shape index (κ3) is 3.35. The van der Waals surface area contributed by atoms with Crippen LogP contribution in [0.25, 0.3) is 28.1 Å². The Balaban J connectivity index is 1.48. The summed E-state index contributed by atoms with van der Waals surface area (Å²) in [5, 5.41) is 20.3. The van der Waals surface area contributed by atoms with Crippen LogP contribution in [-0.2, 0) is 12.1 Å². The van der Waals surface area contributed by atoms with Crippen molar-refractivity contribution in [2.24, 2.45) is 0 Å². The van der Waals surface area contributed by atoms with Crippen LogP contribution in [0, 0.1) is 0 Å². The number of carbonyl (C=O) groups is 1. The van der Waals surface area contributed by atoms with Crippen LogP contribution in [0.1, 0.15) is 30.7 Å². The van der Waals surface area contributed by atoms with E-state index in [0.29, 0.717) is 16.4 Å². The van der Waals surface area contributed by atoms with E-state index in [2.05, 4.69) is 37.5 Å². The molecule has 9 heteroatoms. The second-order valence-electron chi connectivity index (χ2n) is 8.53. The number of halogens is 1. The van der Waals surface area contributed by atoms with E-state index >= 15 is 0 Å². The molecule has 3 heterocycles. The van der Waals surface area contributed by atoms with Crippen molar-refractivity contribution in [2.45, 2.75) is 31.4 Å². The zero-order valence-corrected chi connectivity index (χ0v) is 19.6. The molecule has 2 aliphatic rings. The smallest absolute Gasteiger partial charge is 0.405 e. The van der Waals surface area contributed by atoms with Gasteiger partial charge in [0.25, 0.3) is 0 Å². The summed E-state index contributed by atoms with van der Waals surface area (Å²) in [4.78, 5) is 16.3. The Hall–Kier alpha value is -3.72. The zero-order valence-electron chi connectivity index (χ0n) is 18.0. The molecule has 0 saturated heterocycles. The highest BCUT2D eigenvalue weighted by Crippen LogP contribution is 2.43. The SMILES string of the molecule is O=C(O)NC1(c2ccc(-c3nc4c(cc3-c3ccccc3)-n3c(Br)nnc3CO4)cc2)CCC1. The molecule has 0 unspecified atom stereocenters. The summed E-state index contributed by atoms with van der Waals surface area (Å²) in [5.41, 5.74) is 4.93. The van der Waals surface area contributed by atoms with E-state index in [9.17, 15) is 9.90 Å². The highest BCUT2D eigenvalue weighted by Gasteiger charge is 2.40. The Kier molecular flexibility index (Phi) is 4.88. The van der Waals surface area contributed by atoms with Crippen molar-refractivity contribution in [3.63, 3.8) is 0 Å². The lowest BCUT2D eigenvalue weighted by Crippen LogP contribution is -2.50. The molecule has 4 aromatic rings. The molecule has 1 saturated carbocycles. The number of nitrogens with one attached hydrogen (secondary N) is 1. The van der Waals surface area contributed by atoms with Crippen LogP contribution < -0.4 is 10.1 Å². The van der Waals surface area contributed by atoms with Gasteiger partial charge in [-0.05, 0) is 52.4 Å². The molecule has 170 valence electrons. The predicted octanol–water partition coefficient (Wildman–Crippen LogP) is 5.30. The summed E-state index contributed by atoms with van der Waals surface area (Å²) >= 11 is 3.48. The van der Waals surface area contributed by atoms with Crippen molar-refractivity contribution in [1.82, 2.24) is 25.1 Å². The van der Waals surface area contributed by atoms with E-state index in [-0.39, 0.29) is 6.61 Å². The summed E-state index contributed by atoms with van der Waals surface area (Å²) in [6.07, 6.45) is 1.61. The Morgan fingerprint density at radius 1 is 1.06 bits per heavy atom. The van der Waals surface area contributed by atoms with Crippen LogP contribution in [0.4, 0.5) is 4.79 Å². The minimum absolute atomic E-state index is 0.283. The summed E-state index contributed by atoms with van der Waals surface area (Å²) in [6.45, 7) is 0.283. The van der Waals surface area contributed by atoms with E-state index in [1.54, 1.807) is 0 Å². The van der Waals surface area contributed by atoms with E-state index in [1.165, 1.54) is 0 Å². The number of benzene rings is 2. The number of fused-ring (bicyclic) bond motifs is 3. The standard InChI is InChI=1S/C25H20BrN5O3/c26-23-30-29-20-14-34-22-19(31(20)23)13-18(15-5-2-1-3-6-15)21(27-22)16-7-9-17(10-8-16)25(11-4-12-25)28-24(32)33/h1-3,5-10,13,28H,4,11-12,14H2,(H,32,33). The zero-order chi connectivity index (χ0) is 23.3. The molecule has 2 aromatic carbocycles. The number of hydrogen-bond acceptors (Lipinski definition) is 5. The first-order valence-corrected chi connectivity index (χ1v) is 11.8. The van der Waals surface area contributed by atoms with Crippen LogP contribution in [0.15, 0.2) is 65.4 Å². The summed E-state index contributed by atoms with van der Waals surface area (Å²) in [7, 11) is 0. The Labute approximate surface area is 203 Å². The number of aromatic nitrogens is 4. The van der Waals surface area contributed by atoms with Gasteiger partial charge in [0.15, 0.2) is 12.4 Å².